The van der Waals surface area contributed by atoms with Crippen LogP contribution in [0.3, 0.4) is 0 Å². The number of halogens is 7. The van der Waals surface area contributed by atoms with Crippen molar-refractivity contribution in [1.82, 2.24) is 0 Å². The van der Waals surface area contributed by atoms with E-state index >= 15 is 0 Å². The van der Waals surface area contributed by atoms with Crippen LogP contribution in [0.1, 0.15) is 23.1 Å². The molecule has 1 heterocycles. The molecule has 2 atom stereocenters. The van der Waals surface area contributed by atoms with Crippen LogP contribution in [0, 0.1) is 5.82 Å². The summed E-state index contributed by atoms with van der Waals surface area (Å²) in [4.78, 5) is 5.54. The zero-order chi connectivity index (χ0) is 26.3. The van der Waals surface area contributed by atoms with E-state index in [2.05, 4.69) is 25.4 Å². The highest BCUT2D eigenvalue weighted by molar-refractivity contribution is 9.10. The lowest BCUT2D eigenvalue weighted by atomic mass is 9.86. The molecular weight excluding hydrogens is 607 g/mol. The molecule has 0 aliphatic carbocycles. The van der Waals surface area contributed by atoms with Gasteiger partial charge in [0.25, 0.3) is 5.60 Å². The van der Waals surface area contributed by atoms with Crippen molar-refractivity contribution in [2.75, 3.05) is 6.26 Å². The van der Waals surface area contributed by atoms with Gasteiger partial charge < -0.3 is 4.84 Å². The Kier molecular flexibility index (Phi) is 7.45. The van der Waals surface area contributed by atoms with Crippen LogP contribution in [0.15, 0.2) is 79.6 Å². The standard InChI is InChI=1S/C24H17BrCl2F4N2O2S/c1-36(34,18-8-6-17(25)7-9-18)32-13-14-2-4-15(5-3-14)21-12-23(35-33-21,24(29,30)31)16-10-19(26)22(28)20(27)11-16/h2-11H,12-13H2,1H3. The molecule has 1 aliphatic heterocycles. The molecule has 12 heteroatoms. The summed E-state index contributed by atoms with van der Waals surface area (Å²) >= 11 is 14.8. The van der Waals surface area contributed by atoms with E-state index in [1.807, 2.05) is 0 Å². The third kappa shape index (κ3) is 5.27. The number of rotatable bonds is 5. The topological polar surface area (TPSA) is 51.0 Å². The van der Waals surface area contributed by atoms with E-state index < -0.39 is 49.4 Å². The Morgan fingerprint density at radius 2 is 1.67 bits per heavy atom. The molecule has 4 rings (SSSR count). The second-order valence-corrected chi connectivity index (χ2v) is 12.2. The van der Waals surface area contributed by atoms with Gasteiger partial charge in [0.15, 0.2) is 5.82 Å². The van der Waals surface area contributed by atoms with E-state index in [0.29, 0.717) is 16.0 Å². The van der Waals surface area contributed by atoms with Gasteiger partial charge in [-0.1, -0.05) is 68.6 Å². The monoisotopic (exact) mass is 622 g/mol. The molecule has 3 aromatic rings. The van der Waals surface area contributed by atoms with Crippen LogP contribution in [-0.4, -0.2) is 22.4 Å². The molecule has 0 aromatic heterocycles. The fourth-order valence-electron chi connectivity index (χ4n) is 3.61. The lowest BCUT2D eigenvalue weighted by Crippen LogP contribution is -2.42. The molecule has 0 N–H and O–H groups in total. The molecule has 190 valence electrons. The molecule has 0 spiro atoms. The first-order chi connectivity index (χ1) is 16.8. The number of hydrogen-bond donors (Lipinski definition) is 0. The highest BCUT2D eigenvalue weighted by Crippen LogP contribution is 2.50. The van der Waals surface area contributed by atoms with E-state index in [1.165, 1.54) is 0 Å². The molecule has 0 amide bonds. The zero-order valence-electron chi connectivity index (χ0n) is 18.5. The third-order valence-corrected chi connectivity index (χ3v) is 8.52. The molecule has 0 saturated heterocycles. The van der Waals surface area contributed by atoms with Gasteiger partial charge in [0.1, 0.15) is 0 Å². The van der Waals surface area contributed by atoms with Crippen molar-refractivity contribution in [3.8, 4) is 0 Å². The van der Waals surface area contributed by atoms with Crippen molar-refractivity contribution in [3.63, 3.8) is 0 Å². The molecule has 0 fully saturated rings. The van der Waals surface area contributed by atoms with Gasteiger partial charge in [0, 0.05) is 27.6 Å². The van der Waals surface area contributed by atoms with Gasteiger partial charge in [-0.2, -0.15) is 13.2 Å². The summed E-state index contributed by atoms with van der Waals surface area (Å²) in [6, 6.07) is 15.2. The maximum absolute atomic E-state index is 14.2. The number of alkyl halides is 3. The van der Waals surface area contributed by atoms with Crippen LogP contribution >= 0.6 is 39.1 Å². The molecule has 0 bridgehead atoms. The minimum atomic E-state index is -4.89. The maximum atomic E-state index is 14.2. The second kappa shape index (κ2) is 9.96. The minimum Gasteiger partial charge on any atom is -0.374 e. The average molecular weight is 624 g/mol. The number of nitrogens with zero attached hydrogens (tertiary/aromatic N) is 2. The Balaban J connectivity index is 1.56. The average Bonchev–Trinajstić information content (AvgIpc) is 3.29. The van der Waals surface area contributed by atoms with Gasteiger partial charge in [-0.25, -0.2) is 13.0 Å². The molecule has 0 radical (unpaired) electrons. The van der Waals surface area contributed by atoms with Crippen molar-refractivity contribution in [3.05, 3.63) is 97.7 Å². The van der Waals surface area contributed by atoms with Crippen molar-refractivity contribution in [2.24, 2.45) is 9.52 Å². The molecular formula is C24H17BrCl2F4N2O2S. The molecule has 4 nitrogen and oxygen atoms in total. The first kappa shape index (κ1) is 26.9. The van der Waals surface area contributed by atoms with E-state index in [4.69, 9.17) is 28.0 Å². The summed E-state index contributed by atoms with van der Waals surface area (Å²) in [6.45, 7) is 0.147. The minimum absolute atomic E-state index is 0.0431. The number of benzene rings is 3. The highest BCUT2D eigenvalue weighted by atomic mass is 79.9. The van der Waals surface area contributed by atoms with Crippen molar-refractivity contribution >= 4 is 54.6 Å². The van der Waals surface area contributed by atoms with Crippen molar-refractivity contribution in [1.29, 1.82) is 0 Å². The summed E-state index contributed by atoms with van der Waals surface area (Å²) in [5, 5.41) is 2.58. The van der Waals surface area contributed by atoms with E-state index in [9.17, 15) is 21.8 Å². The summed E-state index contributed by atoms with van der Waals surface area (Å²) in [5.74, 6) is -1.02. The van der Waals surface area contributed by atoms with Gasteiger partial charge >= 0.3 is 6.18 Å². The maximum Gasteiger partial charge on any atom is 0.435 e. The van der Waals surface area contributed by atoms with Crippen LogP contribution in [0.4, 0.5) is 17.6 Å². The Morgan fingerprint density at radius 1 is 1.08 bits per heavy atom. The Hall–Kier alpha value is -2.14. The highest BCUT2D eigenvalue weighted by Gasteiger charge is 2.62. The van der Waals surface area contributed by atoms with Crippen LogP contribution in [-0.2, 0) is 26.7 Å². The Labute approximate surface area is 223 Å². The van der Waals surface area contributed by atoms with Gasteiger partial charge in [-0.3, -0.25) is 0 Å². The molecule has 1 aliphatic rings. The van der Waals surface area contributed by atoms with Crippen LogP contribution in [0.2, 0.25) is 10.0 Å². The molecule has 36 heavy (non-hydrogen) atoms. The summed E-state index contributed by atoms with van der Waals surface area (Å²) in [5.41, 5.74) is -2.17. The van der Waals surface area contributed by atoms with Gasteiger partial charge in [0.2, 0.25) is 0 Å². The lowest BCUT2D eigenvalue weighted by Gasteiger charge is -2.29. The van der Waals surface area contributed by atoms with E-state index in [-0.39, 0.29) is 12.3 Å². The third-order valence-electron chi connectivity index (χ3n) is 5.67. The first-order valence-corrected chi connectivity index (χ1v) is 13.8. The fraction of sp³-hybridized carbons (Fsp3) is 0.208. The molecule has 0 saturated carbocycles. The molecule has 3 aromatic carbocycles. The van der Waals surface area contributed by atoms with Gasteiger partial charge in [-0.15, -0.1) is 0 Å². The van der Waals surface area contributed by atoms with E-state index in [1.54, 1.807) is 54.8 Å². The zero-order valence-corrected chi connectivity index (χ0v) is 22.4. The summed E-state index contributed by atoms with van der Waals surface area (Å²) in [6.07, 6.45) is -4.01. The van der Waals surface area contributed by atoms with Gasteiger partial charge in [-0.05, 0) is 47.5 Å². The Bertz CT molecular complexity index is 1430. The number of hydrogen-bond acceptors (Lipinski definition) is 4. The summed E-state index contributed by atoms with van der Waals surface area (Å²) in [7, 11) is -2.64. The van der Waals surface area contributed by atoms with Crippen molar-refractivity contribution < 1.29 is 26.6 Å². The predicted molar refractivity (Wildman–Crippen MR) is 135 cm³/mol. The Morgan fingerprint density at radius 3 is 2.22 bits per heavy atom. The summed E-state index contributed by atoms with van der Waals surface area (Å²) < 4.78 is 74.5. The number of oxime groups is 1. The smallest absolute Gasteiger partial charge is 0.374 e. The van der Waals surface area contributed by atoms with Gasteiger partial charge in [0.05, 0.1) is 32.0 Å². The first-order valence-electron chi connectivity index (χ1n) is 10.3. The lowest BCUT2D eigenvalue weighted by molar-refractivity contribution is -0.275. The second-order valence-electron chi connectivity index (χ2n) is 8.13. The fourth-order valence-corrected chi connectivity index (χ4v) is 5.55. The predicted octanol–water partition coefficient (Wildman–Crippen LogP) is 8.13. The van der Waals surface area contributed by atoms with Crippen LogP contribution < -0.4 is 0 Å². The SMILES string of the molecule is CS(=O)(=NCc1ccc(C2=NOC(c3cc(Cl)c(F)c(Cl)c3)(C(F)(F)F)C2)cc1)c1ccc(Br)cc1. The normalized spacial score (nSPS) is 19.4. The van der Waals surface area contributed by atoms with Crippen molar-refractivity contribution in [2.45, 2.75) is 29.6 Å². The van der Waals surface area contributed by atoms with Crippen LogP contribution in [0.25, 0.3) is 0 Å². The van der Waals surface area contributed by atoms with E-state index in [0.717, 1.165) is 16.6 Å². The largest absolute Gasteiger partial charge is 0.435 e. The molecule has 2 unspecified atom stereocenters. The quantitative estimate of drug-likeness (QED) is 0.213. The van der Waals surface area contributed by atoms with Crippen LogP contribution in [0.5, 0.6) is 0 Å².